The van der Waals surface area contributed by atoms with Crippen molar-refractivity contribution >= 4 is 24.1 Å². The van der Waals surface area contributed by atoms with Crippen LogP contribution in [0.3, 0.4) is 0 Å². The Morgan fingerprint density at radius 2 is 0.967 bits per heavy atom. The fourth-order valence-electron chi connectivity index (χ4n) is 6.68. The lowest BCUT2D eigenvalue weighted by Crippen LogP contribution is -2.62. The molecule has 1 saturated heterocycles. The maximum atomic E-state index is 13.3. The Balaban J connectivity index is 1.20. The molecule has 3 N–H and O–H groups in total. The summed E-state index contributed by atoms with van der Waals surface area (Å²) in [4.78, 5) is 51.3. The third-order valence-corrected chi connectivity index (χ3v) is 9.57. The van der Waals surface area contributed by atoms with Gasteiger partial charge in [-0.05, 0) is 27.8 Å². The fraction of sp³-hybridized carbons (Fsp3) is 0.261. The summed E-state index contributed by atoms with van der Waals surface area (Å²) in [7, 11) is 1.28. The van der Waals surface area contributed by atoms with Crippen LogP contribution in [0.4, 0.5) is 9.59 Å². The highest BCUT2D eigenvalue weighted by Crippen LogP contribution is 2.41. The molecule has 6 rings (SSSR count). The molecule has 1 aliphatic heterocycles. The van der Waals surface area contributed by atoms with Crippen LogP contribution in [0.5, 0.6) is 0 Å². The van der Waals surface area contributed by atoms with E-state index in [0.717, 1.165) is 27.8 Å². The van der Waals surface area contributed by atoms with Gasteiger partial charge in [0.25, 0.3) is 0 Å². The van der Waals surface area contributed by atoms with Crippen molar-refractivity contribution in [2.24, 2.45) is 0 Å². The van der Waals surface area contributed by atoms with Crippen molar-refractivity contribution in [1.82, 2.24) is 10.6 Å². The van der Waals surface area contributed by atoms with Gasteiger partial charge in [0.2, 0.25) is 0 Å². The van der Waals surface area contributed by atoms with E-state index in [-0.39, 0.29) is 19.8 Å². The van der Waals surface area contributed by atoms with E-state index in [4.69, 9.17) is 33.2 Å². The lowest BCUT2D eigenvalue weighted by molar-refractivity contribution is -0.304. The Labute approximate surface area is 347 Å². The number of esters is 2. The zero-order valence-corrected chi connectivity index (χ0v) is 32.8. The first-order valence-electron chi connectivity index (χ1n) is 19.2. The van der Waals surface area contributed by atoms with E-state index in [2.05, 4.69) is 10.6 Å². The average molecular weight is 819 g/mol. The van der Waals surface area contributed by atoms with Crippen molar-refractivity contribution in [3.8, 4) is 0 Å². The van der Waals surface area contributed by atoms with E-state index in [9.17, 15) is 24.3 Å². The van der Waals surface area contributed by atoms with E-state index in [0.29, 0.717) is 0 Å². The summed E-state index contributed by atoms with van der Waals surface area (Å²) in [5, 5.41) is 16.6. The van der Waals surface area contributed by atoms with Gasteiger partial charge in [-0.15, -0.1) is 0 Å². The summed E-state index contributed by atoms with van der Waals surface area (Å²) in [6.07, 6.45) is -9.25. The first-order chi connectivity index (χ1) is 29.3. The Morgan fingerprint density at radius 1 is 0.583 bits per heavy atom. The molecule has 14 nitrogen and oxygen atoms in total. The molecule has 2 amide bonds. The molecule has 60 heavy (non-hydrogen) atoms. The monoisotopic (exact) mass is 818 g/mol. The molecule has 5 atom stereocenters. The van der Waals surface area contributed by atoms with Gasteiger partial charge in [0, 0.05) is 7.11 Å². The maximum absolute atomic E-state index is 13.3. The van der Waals surface area contributed by atoms with Crippen LogP contribution >= 0.6 is 0 Å². The minimum Gasteiger partial charge on any atom is -0.454 e. The number of methoxy groups -OCH3 is 1. The third-order valence-electron chi connectivity index (χ3n) is 9.57. The number of benzene rings is 5. The summed E-state index contributed by atoms with van der Waals surface area (Å²) < 4.78 is 40.5. The highest BCUT2D eigenvalue weighted by molar-refractivity contribution is 5.79. The smallest absolute Gasteiger partial charge is 0.407 e. The Hall–Kier alpha value is -6.58. The molecular formula is C46H46N2O12. The number of carbonyl (C=O) groups is 4. The predicted molar refractivity (Wildman–Crippen MR) is 216 cm³/mol. The minimum absolute atomic E-state index is 0.0362. The van der Waals surface area contributed by atoms with Crippen LogP contribution in [0, 0.1) is 0 Å². The first kappa shape index (κ1) is 43.0. The second-order valence-electron chi connectivity index (χ2n) is 13.6. The van der Waals surface area contributed by atoms with Crippen LogP contribution in [-0.2, 0) is 61.6 Å². The van der Waals surface area contributed by atoms with Crippen molar-refractivity contribution < 1.29 is 57.4 Å². The SMILES string of the molecule is CO[C@@H]1O[C@@H](COC(c2ccccc2)(c2ccccc2)c2ccccc2)[C@H](O)[C@@H](OC(=O)CNC(=O)OCc2ccccc2)[C@@H]1OC(=O)CNC(=O)OCc1ccccc1. The van der Waals surface area contributed by atoms with Crippen LogP contribution in [0.2, 0.25) is 0 Å². The van der Waals surface area contributed by atoms with E-state index < -0.39 is 73.5 Å². The van der Waals surface area contributed by atoms with E-state index in [1.165, 1.54) is 7.11 Å². The molecule has 0 bridgehead atoms. The topological polar surface area (TPSA) is 177 Å². The zero-order valence-electron chi connectivity index (χ0n) is 32.8. The van der Waals surface area contributed by atoms with Crippen LogP contribution in [0.15, 0.2) is 152 Å². The van der Waals surface area contributed by atoms with Crippen molar-refractivity contribution in [2.45, 2.75) is 49.5 Å². The van der Waals surface area contributed by atoms with Gasteiger partial charge < -0.3 is 48.9 Å². The molecule has 1 aliphatic rings. The molecule has 5 aromatic carbocycles. The zero-order chi connectivity index (χ0) is 42.2. The number of hydrogen-bond acceptors (Lipinski definition) is 12. The quantitative estimate of drug-likeness (QED) is 0.0620. The molecule has 0 unspecified atom stereocenters. The minimum atomic E-state index is -1.67. The van der Waals surface area contributed by atoms with Crippen molar-refractivity contribution in [3.63, 3.8) is 0 Å². The highest BCUT2D eigenvalue weighted by atomic mass is 16.7. The number of amides is 2. The second kappa shape index (κ2) is 21.4. The van der Waals surface area contributed by atoms with Gasteiger partial charge in [-0.2, -0.15) is 0 Å². The van der Waals surface area contributed by atoms with E-state index in [1.54, 1.807) is 48.5 Å². The normalized spacial score (nSPS) is 18.7. The van der Waals surface area contributed by atoms with Crippen LogP contribution in [0.25, 0.3) is 0 Å². The molecule has 14 heteroatoms. The number of aliphatic hydroxyl groups excluding tert-OH is 1. The lowest BCUT2D eigenvalue weighted by Gasteiger charge is -2.44. The number of rotatable bonds is 17. The Bertz CT molecular complexity index is 2010. The van der Waals surface area contributed by atoms with Crippen LogP contribution in [0.1, 0.15) is 27.8 Å². The van der Waals surface area contributed by atoms with Gasteiger partial charge in [-0.25, -0.2) is 9.59 Å². The fourth-order valence-corrected chi connectivity index (χ4v) is 6.68. The third kappa shape index (κ3) is 11.3. The van der Waals surface area contributed by atoms with Gasteiger partial charge in [0.1, 0.15) is 44.1 Å². The van der Waals surface area contributed by atoms with E-state index >= 15 is 0 Å². The number of carbonyl (C=O) groups excluding carboxylic acids is 4. The standard InChI is InChI=1S/C46H46N2O12/c1-54-43-42(60-39(50)28-48-45(53)56-30-33-19-9-3-10-20-33)41(59-38(49)27-47-44(52)55-29-32-17-7-2-8-18-32)40(51)37(58-43)31-57-46(34-21-11-4-12-22-34,35-23-13-5-14-24-35)36-25-15-6-16-26-36/h2-26,37,40-43,51H,27-31H2,1H3,(H,47,52)(H,48,53)/t37-,40-,41+,42-,43+/m0/s1. The number of nitrogens with one attached hydrogen (secondary N) is 2. The Kier molecular flexibility index (Phi) is 15.4. The number of alkyl carbamates (subject to hydrolysis) is 2. The van der Waals surface area contributed by atoms with E-state index in [1.807, 2.05) is 103 Å². The average Bonchev–Trinajstić information content (AvgIpc) is 3.30. The Morgan fingerprint density at radius 3 is 1.37 bits per heavy atom. The summed E-state index contributed by atoms with van der Waals surface area (Å²) in [5.74, 6) is -1.98. The summed E-state index contributed by atoms with van der Waals surface area (Å²) in [6.45, 7) is -1.67. The second-order valence-corrected chi connectivity index (χ2v) is 13.6. The largest absolute Gasteiger partial charge is 0.454 e. The molecule has 0 radical (unpaired) electrons. The van der Waals surface area contributed by atoms with Gasteiger partial charge in [-0.3, -0.25) is 9.59 Å². The summed E-state index contributed by atoms with van der Waals surface area (Å²) >= 11 is 0. The molecule has 312 valence electrons. The molecule has 1 heterocycles. The number of ether oxygens (including phenoxy) is 7. The maximum Gasteiger partial charge on any atom is 0.407 e. The van der Waals surface area contributed by atoms with Crippen LogP contribution < -0.4 is 10.6 Å². The molecular weight excluding hydrogens is 773 g/mol. The van der Waals surface area contributed by atoms with Gasteiger partial charge in [-0.1, -0.05) is 152 Å². The molecule has 1 fully saturated rings. The van der Waals surface area contributed by atoms with Crippen molar-refractivity contribution in [3.05, 3.63) is 179 Å². The number of aliphatic hydroxyl groups is 1. The molecule has 0 aromatic heterocycles. The van der Waals surface area contributed by atoms with Gasteiger partial charge in [0.05, 0.1) is 6.61 Å². The molecule has 0 spiro atoms. The van der Waals surface area contributed by atoms with Gasteiger partial charge >= 0.3 is 24.1 Å². The predicted octanol–water partition coefficient (Wildman–Crippen LogP) is 5.40. The van der Waals surface area contributed by atoms with Gasteiger partial charge in [0.15, 0.2) is 18.5 Å². The van der Waals surface area contributed by atoms with Crippen molar-refractivity contribution in [1.29, 1.82) is 0 Å². The summed E-state index contributed by atoms with van der Waals surface area (Å²) in [6, 6.07) is 46.5. The first-order valence-corrected chi connectivity index (χ1v) is 19.2. The molecule has 5 aromatic rings. The molecule has 0 aliphatic carbocycles. The van der Waals surface area contributed by atoms with Crippen LogP contribution in [-0.4, -0.2) is 86.7 Å². The number of hydrogen-bond donors (Lipinski definition) is 3. The van der Waals surface area contributed by atoms with Crippen molar-refractivity contribution in [2.75, 3.05) is 26.8 Å². The summed E-state index contributed by atoms with van der Waals surface area (Å²) in [5.41, 5.74) is 2.61. The lowest BCUT2D eigenvalue weighted by atomic mass is 9.80. The highest BCUT2D eigenvalue weighted by Gasteiger charge is 2.51. The molecule has 0 saturated carbocycles.